The lowest BCUT2D eigenvalue weighted by molar-refractivity contribution is -0.149. The fraction of sp³-hybridized carbons (Fsp3) is 0.462. The molecular weight excluding hydrogens is 438 g/mol. The highest BCUT2D eigenvalue weighted by Gasteiger charge is 2.53. The van der Waals surface area contributed by atoms with Gasteiger partial charge in [0.1, 0.15) is 0 Å². The summed E-state index contributed by atoms with van der Waals surface area (Å²) in [6.45, 7) is 1.35. The van der Waals surface area contributed by atoms with Crippen LogP contribution in [0.25, 0.3) is 11.1 Å². The minimum absolute atomic E-state index is 0.0619. The Kier molecular flexibility index (Phi) is 5.85. The van der Waals surface area contributed by atoms with Gasteiger partial charge in [0, 0.05) is 29.7 Å². The second-order valence-electron chi connectivity index (χ2n) is 9.30. The van der Waals surface area contributed by atoms with Gasteiger partial charge in [-0.05, 0) is 61.1 Å². The normalized spacial score (nSPS) is 22.5. The Morgan fingerprint density at radius 3 is 2.65 bits per heavy atom. The second-order valence-corrected chi connectivity index (χ2v) is 9.30. The molecule has 2 aromatic carbocycles. The summed E-state index contributed by atoms with van der Waals surface area (Å²) < 4.78 is 23.7. The molecule has 2 unspecified atom stereocenters. The van der Waals surface area contributed by atoms with Crippen LogP contribution in [0, 0.1) is 11.3 Å². The predicted molar refractivity (Wildman–Crippen MR) is 123 cm³/mol. The Balaban J connectivity index is 1.45. The van der Waals surface area contributed by atoms with Gasteiger partial charge in [-0.2, -0.15) is 0 Å². The molecule has 1 amide bonds. The minimum atomic E-state index is -0.758. The largest absolute Gasteiger partial charge is 0.493 e. The molecule has 0 bridgehead atoms. The summed E-state index contributed by atoms with van der Waals surface area (Å²) in [4.78, 5) is 23.5. The average molecular weight is 468 g/mol. The highest BCUT2D eigenvalue weighted by atomic mass is 16.5. The van der Waals surface area contributed by atoms with Crippen LogP contribution < -0.4 is 19.5 Å². The van der Waals surface area contributed by atoms with Crippen molar-refractivity contribution in [2.24, 2.45) is 11.3 Å². The van der Waals surface area contributed by atoms with Crippen LogP contribution in [-0.2, 0) is 16.1 Å². The summed E-state index contributed by atoms with van der Waals surface area (Å²) in [5.41, 5.74) is 3.18. The van der Waals surface area contributed by atoms with E-state index in [0.29, 0.717) is 55.4 Å². The molecule has 8 heteroatoms. The van der Waals surface area contributed by atoms with Gasteiger partial charge in [0.05, 0.1) is 32.8 Å². The maximum Gasteiger partial charge on any atom is 0.306 e. The Morgan fingerprint density at radius 2 is 1.94 bits per heavy atom. The fourth-order valence-electron chi connectivity index (χ4n) is 5.05. The molecule has 1 aliphatic carbocycles. The van der Waals surface area contributed by atoms with Crippen molar-refractivity contribution in [3.8, 4) is 28.4 Å². The standard InChI is InChI=1S/C26H29NO7/c1-31-20-6-5-18(15-3-4-19-17(11-15)13-27-24(19)28)22(23(20)32-2)34-14-26(8-9-26)21-12-16(25(29)30)7-10-33-21/h3-6,11,16,21H,7-10,12-14H2,1-2H3,(H,27,28)(H,29,30). The van der Waals surface area contributed by atoms with E-state index in [-0.39, 0.29) is 23.3 Å². The first-order chi connectivity index (χ1) is 16.5. The predicted octanol–water partition coefficient (Wildman–Crippen LogP) is 3.65. The summed E-state index contributed by atoms with van der Waals surface area (Å²) in [7, 11) is 3.16. The van der Waals surface area contributed by atoms with E-state index in [2.05, 4.69) is 5.32 Å². The fourth-order valence-corrected chi connectivity index (χ4v) is 5.05. The van der Waals surface area contributed by atoms with Crippen LogP contribution >= 0.6 is 0 Å². The first-order valence-electron chi connectivity index (χ1n) is 11.6. The highest BCUT2D eigenvalue weighted by Crippen LogP contribution is 2.54. The monoisotopic (exact) mass is 467 g/mol. The number of carboxylic acids is 1. The molecule has 8 nitrogen and oxygen atoms in total. The first kappa shape index (κ1) is 22.5. The van der Waals surface area contributed by atoms with Crippen LogP contribution in [0.4, 0.5) is 0 Å². The summed E-state index contributed by atoms with van der Waals surface area (Å²) in [5.74, 6) is 0.429. The number of rotatable bonds is 8. The van der Waals surface area contributed by atoms with Crippen LogP contribution in [0.5, 0.6) is 17.2 Å². The van der Waals surface area contributed by atoms with Gasteiger partial charge in [0.2, 0.25) is 5.75 Å². The number of carboxylic acid groups (broad SMARTS) is 1. The topological polar surface area (TPSA) is 103 Å². The molecule has 2 fully saturated rings. The number of benzene rings is 2. The van der Waals surface area contributed by atoms with Crippen molar-refractivity contribution < 1.29 is 33.6 Å². The van der Waals surface area contributed by atoms with Crippen molar-refractivity contribution in [1.82, 2.24) is 5.32 Å². The van der Waals surface area contributed by atoms with Gasteiger partial charge in [0.25, 0.3) is 5.91 Å². The lowest BCUT2D eigenvalue weighted by atomic mass is 9.87. The number of carbonyl (C=O) groups excluding carboxylic acids is 1. The van der Waals surface area contributed by atoms with Gasteiger partial charge in [-0.3, -0.25) is 9.59 Å². The number of fused-ring (bicyclic) bond motifs is 1. The molecule has 5 rings (SSSR count). The zero-order valence-corrected chi connectivity index (χ0v) is 19.4. The maximum atomic E-state index is 12.0. The molecule has 2 atom stereocenters. The average Bonchev–Trinajstić information content (AvgIpc) is 3.57. The van der Waals surface area contributed by atoms with Crippen LogP contribution in [0.15, 0.2) is 30.3 Å². The van der Waals surface area contributed by atoms with E-state index in [4.69, 9.17) is 18.9 Å². The van der Waals surface area contributed by atoms with E-state index in [1.54, 1.807) is 14.2 Å². The van der Waals surface area contributed by atoms with Gasteiger partial charge in [0.15, 0.2) is 11.5 Å². The summed E-state index contributed by atoms with van der Waals surface area (Å²) in [6, 6.07) is 9.51. The quantitative estimate of drug-likeness (QED) is 0.611. The van der Waals surface area contributed by atoms with Crippen molar-refractivity contribution >= 4 is 11.9 Å². The van der Waals surface area contributed by atoms with Crippen LogP contribution in [0.1, 0.15) is 41.6 Å². The Labute approximate surface area is 198 Å². The van der Waals surface area contributed by atoms with E-state index in [0.717, 1.165) is 29.5 Å². The van der Waals surface area contributed by atoms with E-state index in [9.17, 15) is 14.7 Å². The summed E-state index contributed by atoms with van der Waals surface area (Å²) in [5, 5.41) is 12.3. The van der Waals surface area contributed by atoms with Gasteiger partial charge in [-0.25, -0.2) is 0 Å². The molecule has 0 radical (unpaired) electrons. The van der Waals surface area contributed by atoms with E-state index < -0.39 is 5.97 Å². The van der Waals surface area contributed by atoms with E-state index in [1.165, 1.54) is 0 Å². The first-order valence-corrected chi connectivity index (χ1v) is 11.6. The SMILES string of the molecule is COc1ccc(-c2ccc3c(c2)CNC3=O)c(OCC2(C3CC(C(=O)O)CCO3)CC2)c1OC. The number of aliphatic carboxylic acids is 1. The molecule has 0 spiro atoms. The van der Waals surface area contributed by atoms with Crippen molar-refractivity contribution in [1.29, 1.82) is 0 Å². The van der Waals surface area contributed by atoms with Crippen LogP contribution in [0.3, 0.4) is 0 Å². The van der Waals surface area contributed by atoms with Crippen molar-refractivity contribution in [3.05, 3.63) is 41.5 Å². The zero-order chi connectivity index (χ0) is 23.9. The maximum absolute atomic E-state index is 12.0. The van der Waals surface area contributed by atoms with Crippen molar-refractivity contribution in [2.45, 2.75) is 38.3 Å². The number of ether oxygens (including phenoxy) is 4. The third-order valence-electron chi connectivity index (χ3n) is 7.31. The van der Waals surface area contributed by atoms with Gasteiger partial charge in [-0.1, -0.05) is 6.07 Å². The van der Waals surface area contributed by atoms with Crippen molar-refractivity contribution in [2.75, 3.05) is 27.4 Å². The molecule has 2 N–H and O–H groups in total. The van der Waals surface area contributed by atoms with E-state index in [1.807, 2.05) is 30.3 Å². The molecule has 34 heavy (non-hydrogen) atoms. The smallest absolute Gasteiger partial charge is 0.306 e. The molecule has 180 valence electrons. The molecule has 2 heterocycles. The van der Waals surface area contributed by atoms with Gasteiger partial charge >= 0.3 is 5.97 Å². The van der Waals surface area contributed by atoms with Crippen molar-refractivity contribution in [3.63, 3.8) is 0 Å². The lowest BCUT2D eigenvalue weighted by Crippen LogP contribution is -2.38. The highest BCUT2D eigenvalue weighted by molar-refractivity contribution is 5.99. The van der Waals surface area contributed by atoms with E-state index >= 15 is 0 Å². The summed E-state index contributed by atoms with van der Waals surface area (Å²) in [6.07, 6.45) is 2.77. The van der Waals surface area contributed by atoms with Crippen LogP contribution in [0.2, 0.25) is 0 Å². The number of hydrogen-bond donors (Lipinski definition) is 2. The zero-order valence-electron chi connectivity index (χ0n) is 19.4. The Hall–Kier alpha value is -3.26. The minimum Gasteiger partial charge on any atom is -0.493 e. The molecule has 2 aromatic rings. The Bertz CT molecular complexity index is 1120. The number of carbonyl (C=O) groups is 2. The molecule has 2 aliphatic heterocycles. The summed E-state index contributed by atoms with van der Waals surface area (Å²) >= 11 is 0. The molecule has 0 aromatic heterocycles. The van der Waals surface area contributed by atoms with Gasteiger partial charge in [-0.15, -0.1) is 0 Å². The number of nitrogens with one attached hydrogen (secondary N) is 1. The third kappa shape index (κ3) is 3.96. The molecule has 3 aliphatic rings. The third-order valence-corrected chi connectivity index (χ3v) is 7.31. The number of amides is 1. The molecular formula is C26H29NO7. The van der Waals surface area contributed by atoms with Crippen LogP contribution in [-0.4, -0.2) is 50.5 Å². The number of hydrogen-bond acceptors (Lipinski definition) is 6. The van der Waals surface area contributed by atoms with Gasteiger partial charge < -0.3 is 29.4 Å². The number of methoxy groups -OCH3 is 2. The lowest BCUT2D eigenvalue weighted by Gasteiger charge is -2.33. The molecule has 1 saturated carbocycles. The Morgan fingerprint density at radius 1 is 1.15 bits per heavy atom. The second kappa shape index (κ2) is 8.83. The molecule has 1 saturated heterocycles.